The minimum atomic E-state index is -4.80. The molecule has 1 heterocycles. The third-order valence-electron chi connectivity index (χ3n) is 4.22. The van der Waals surface area contributed by atoms with Crippen LogP contribution in [0.4, 0.5) is 18.9 Å². The van der Waals surface area contributed by atoms with Crippen molar-refractivity contribution in [2.75, 3.05) is 5.32 Å². The lowest BCUT2D eigenvalue weighted by Gasteiger charge is -2.23. The summed E-state index contributed by atoms with van der Waals surface area (Å²) in [7, 11) is -3.76. The molecule has 0 aliphatic heterocycles. The van der Waals surface area contributed by atoms with Crippen molar-refractivity contribution < 1.29 is 26.4 Å². The van der Waals surface area contributed by atoms with Crippen molar-refractivity contribution >= 4 is 21.6 Å². The minimum Gasteiger partial charge on any atom is -0.322 e. The van der Waals surface area contributed by atoms with Crippen molar-refractivity contribution in [2.45, 2.75) is 56.3 Å². The van der Waals surface area contributed by atoms with E-state index in [9.17, 15) is 26.4 Å². The van der Waals surface area contributed by atoms with Crippen molar-refractivity contribution in [2.24, 2.45) is 0 Å². The van der Waals surface area contributed by atoms with Gasteiger partial charge in [0.15, 0.2) is 5.69 Å². The van der Waals surface area contributed by atoms with Crippen LogP contribution in [-0.4, -0.2) is 30.1 Å². The molecule has 0 atom stereocenters. The van der Waals surface area contributed by atoms with E-state index in [1.807, 2.05) is 0 Å². The molecule has 0 radical (unpaired) electrons. The van der Waals surface area contributed by atoms with Crippen LogP contribution in [0, 0.1) is 0 Å². The monoisotopic (exact) mass is 430 g/mol. The summed E-state index contributed by atoms with van der Waals surface area (Å²) in [6.45, 7) is 4.62. The Labute approximate surface area is 166 Å². The number of benzene rings is 1. The second kappa shape index (κ2) is 7.13. The molecular formula is C18H21F3N4O3S. The average Bonchev–Trinajstić information content (AvgIpc) is 3.23. The summed E-state index contributed by atoms with van der Waals surface area (Å²) in [5.74, 6) is -1.03. The largest absolute Gasteiger partial charge is 0.433 e. The molecule has 1 aromatic heterocycles. The van der Waals surface area contributed by atoms with E-state index in [-0.39, 0.29) is 16.6 Å². The quantitative estimate of drug-likeness (QED) is 0.761. The maximum absolute atomic E-state index is 13.6. The number of nitrogens with one attached hydrogen (secondary N) is 2. The number of anilines is 1. The summed E-state index contributed by atoms with van der Waals surface area (Å²) in [6.07, 6.45) is -2.42. The van der Waals surface area contributed by atoms with E-state index in [1.165, 1.54) is 45.0 Å². The number of aromatic nitrogens is 2. The molecule has 29 heavy (non-hydrogen) atoms. The molecule has 2 N–H and O–H groups in total. The van der Waals surface area contributed by atoms with E-state index in [0.29, 0.717) is 0 Å². The number of hydrogen-bond acceptors (Lipinski definition) is 4. The minimum absolute atomic E-state index is 0.0605. The first-order valence-corrected chi connectivity index (χ1v) is 10.4. The van der Waals surface area contributed by atoms with Gasteiger partial charge < -0.3 is 5.32 Å². The number of carbonyl (C=O) groups is 1. The lowest BCUT2D eigenvalue weighted by Crippen LogP contribution is -2.30. The molecule has 11 heteroatoms. The number of amides is 1. The standard InChI is InChI=1S/C18H21F3N4O3S/c1-17(2,3)25-15(18(19,20)21)14(10-22-25)16(26)23-12-5-4-6-13(9-12)29(27,28)24-11-7-8-11/h4-6,9-11,24H,7-8H2,1-3H3,(H,23,26). The van der Waals surface area contributed by atoms with Crippen LogP contribution in [0.5, 0.6) is 0 Å². The topological polar surface area (TPSA) is 93.1 Å². The summed E-state index contributed by atoms with van der Waals surface area (Å²) >= 11 is 0. The van der Waals surface area contributed by atoms with E-state index < -0.39 is 38.9 Å². The second-order valence-corrected chi connectivity index (χ2v) is 9.58. The first-order valence-electron chi connectivity index (χ1n) is 8.88. The van der Waals surface area contributed by atoms with Gasteiger partial charge >= 0.3 is 6.18 Å². The van der Waals surface area contributed by atoms with Crippen LogP contribution in [0.3, 0.4) is 0 Å². The van der Waals surface area contributed by atoms with E-state index in [2.05, 4.69) is 15.1 Å². The fourth-order valence-electron chi connectivity index (χ4n) is 2.72. The average molecular weight is 430 g/mol. The van der Waals surface area contributed by atoms with Gasteiger partial charge in [0.25, 0.3) is 5.91 Å². The van der Waals surface area contributed by atoms with Crippen molar-refractivity contribution in [3.63, 3.8) is 0 Å². The maximum atomic E-state index is 13.6. The molecule has 1 fully saturated rings. The predicted octanol–water partition coefficient (Wildman–Crippen LogP) is 3.35. The fraction of sp³-hybridized carbons (Fsp3) is 0.444. The molecule has 3 rings (SSSR count). The Morgan fingerprint density at radius 1 is 1.21 bits per heavy atom. The van der Waals surface area contributed by atoms with E-state index in [1.54, 1.807) is 0 Å². The van der Waals surface area contributed by atoms with Crippen LogP contribution >= 0.6 is 0 Å². The summed E-state index contributed by atoms with van der Waals surface area (Å²) in [5.41, 5.74) is -2.74. The third kappa shape index (κ3) is 4.78. The molecule has 1 aliphatic rings. The van der Waals surface area contributed by atoms with Crippen molar-refractivity contribution in [3.05, 3.63) is 41.7 Å². The van der Waals surface area contributed by atoms with Crippen LogP contribution in [-0.2, 0) is 21.7 Å². The molecule has 1 amide bonds. The Balaban J connectivity index is 1.90. The first-order chi connectivity index (χ1) is 13.3. The van der Waals surface area contributed by atoms with Gasteiger partial charge in [0.1, 0.15) is 0 Å². The molecular weight excluding hydrogens is 409 g/mol. The summed E-state index contributed by atoms with van der Waals surface area (Å²) < 4.78 is 68.6. The van der Waals surface area contributed by atoms with Gasteiger partial charge in [-0.15, -0.1) is 0 Å². The Morgan fingerprint density at radius 2 is 1.86 bits per heavy atom. The normalized spacial score (nSPS) is 15.4. The SMILES string of the molecule is CC(C)(C)n1ncc(C(=O)Nc2cccc(S(=O)(=O)NC3CC3)c2)c1C(F)(F)F. The number of nitrogens with zero attached hydrogens (tertiary/aromatic N) is 2. The Bertz CT molecular complexity index is 1040. The van der Waals surface area contributed by atoms with Crippen LogP contribution in [0.1, 0.15) is 49.7 Å². The molecule has 158 valence electrons. The van der Waals surface area contributed by atoms with E-state index in [0.717, 1.165) is 23.7 Å². The maximum Gasteiger partial charge on any atom is 0.433 e. The van der Waals surface area contributed by atoms with Crippen molar-refractivity contribution in [1.82, 2.24) is 14.5 Å². The van der Waals surface area contributed by atoms with Crippen LogP contribution in [0.15, 0.2) is 35.4 Å². The molecule has 0 spiro atoms. The third-order valence-corrected chi connectivity index (χ3v) is 5.74. The highest BCUT2D eigenvalue weighted by Crippen LogP contribution is 2.35. The Morgan fingerprint density at radius 3 is 2.41 bits per heavy atom. The lowest BCUT2D eigenvalue weighted by atomic mass is 10.1. The zero-order valence-corrected chi connectivity index (χ0v) is 16.9. The summed E-state index contributed by atoms with van der Waals surface area (Å²) in [5, 5.41) is 6.08. The van der Waals surface area contributed by atoms with E-state index in [4.69, 9.17) is 0 Å². The van der Waals surface area contributed by atoms with Gasteiger partial charge in [-0.05, 0) is 51.8 Å². The summed E-state index contributed by atoms with van der Waals surface area (Å²) in [4.78, 5) is 12.5. The predicted molar refractivity (Wildman–Crippen MR) is 100.0 cm³/mol. The molecule has 1 saturated carbocycles. The molecule has 0 saturated heterocycles. The molecule has 1 aromatic carbocycles. The highest BCUT2D eigenvalue weighted by Gasteiger charge is 2.42. The van der Waals surface area contributed by atoms with Crippen molar-refractivity contribution in [3.8, 4) is 0 Å². The van der Waals surface area contributed by atoms with Gasteiger partial charge in [-0.25, -0.2) is 13.1 Å². The Hall–Kier alpha value is -2.40. The Kier molecular flexibility index (Phi) is 5.24. The second-order valence-electron chi connectivity index (χ2n) is 7.86. The van der Waals surface area contributed by atoms with Crippen LogP contribution in [0.2, 0.25) is 0 Å². The number of alkyl halides is 3. The summed E-state index contributed by atoms with van der Waals surface area (Å²) in [6, 6.07) is 5.25. The van der Waals surface area contributed by atoms with Crippen LogP contribution < -0.4 is 10.0 Å². The highest BCUT2D eigenvalue weighted by atomic mass is 32.2. The molecule has 7 nitrogen and oxygen atoms in total. The van der Waals surface area contributed by atoms with Gasteiger partial charge in [0, 0.05) is 11.7 Å². The van der Waals surface area contributed by atoms with E-state index >= 15 is 0 Å². The smallest absolute Gasteiger partial charge is 0.322 e. The van der Waals surface area contributed by atoms with Gasteiger partial charge in [-0.1, -0.05) is 6.07 Å². The number of carbonyl (C=O) groups excluding carboxylic acids is 1. The number of rotatable bonds is 5. The molecule has 0 bridgehead atoms. The first kappa shape index (κ1) is 21.3. The highest BCUT2D eigenvalue weighted by molar-refractivity contribution is 7.89. The molecule has 2 aromatic rings. The van der Waals surface area contributed by atoms with Gasteiger partial charge in [0.05, 0.1) is 22.2 Å². The number of hydrogen-bond donors (Lipinski definition) is 2. The van der Waals surface area contributed by atoms with Crippen LogP contribution in [0.25, 0.3) is 0 Å². The zero-order valence-electron chi connectivity index (χ0n) is 16.0. The number of halogens is 3. The fourth-order valence-corrected chi connectivity index (χ4v) is 4.07. The molecule has 0 unspecified atom stereocenters. The zero-order chi connectivity index (χ0) is 21.6. The van der Waals surface area contributed by atoms with Crippen molar-refractivity contribution in [1.29, 1.82) is 0 Å². The van der Waals surface area contributed by atoms with Gasteiger partial charge in [-0.3, -0.25) is 9.48 Å². The molecule has 1 aliphatic carbocycles. The van der Waals surface area contributed by atoms with Gasteiger partial charge in [-0.2, -0.15) is 18.3 Å². The lowest BCUT2D eigenvalue weighted by molar-refractivity contribution is -0.146. The van der Waals surface area contributed by atoms with Gasteiger partial charge in [0.2, 0.25) is 10.0 Å². The number of sulfonamides is 1.